The summed E-state index contributed by atoms with van der Waals surface area (Å²) in [6, 6.07) is 8.46. The van der Waals surface area contributed by atoms with Crippen LogP contribution in [0.2, 0.25) is 0 Å². The minimum absolute atomic E-state index is 0.207. The van der Waals surface area contributed by atoms with Gasteiger partial charge in [0.2, 0.25) is 5.91 Å². The third-order valence-corrected chi connectivity index (χ3v) is 5.93. The Labute approximate surface area is 140 Å². The lowest BCUT2D eigenvalue weighted by atomic mass is 9.73. The van der Waals surface area contributed by atoms with Gasteiger partial charge in [0.1, 0.15) is 0 Å². The maximum Gasteiger partial charge on any atom is 0.223 e. The Morgan fingerprint density at radius 3 is 3.12 bits per heavy atom. The first-order chi connectivity index (χ1) is 11.7. The van der Waals surface area contributed by atoms with Crippen LogP contribution in [0.1, 0.15) is 24.1 Å². The fourth-order valence-electron chi connectivity index (χ4n) is 4.94. The number of allylic oxidation sites excluding steroid dienone is 2. The molecule has 1 amide bonds. The minimum Gasteiger partial charge on any atom is -0.497 e. The van der Waals surface area contributed by atoms with E-state index in [1.54, 1.807) is 6.08 Å². The molecular weight excluding hydrogens is 300 g/mol. The second-order valence-corrected chi connectivity index (χ2v) is 7.00. The van der Waals surface area contributed by atoms with Gasteiger partial charge in [0.15, 0.2) is 0 Å². The van der Waals surface area contributed by atoms with Crippen molar-refractivity contribution in [1.82, 2.24) is 9.88 Å². The number of rotatable bonds is 1. The molecule has 4 heteroatoms. The van der Waals surface area contributed by atoms with Gasteiger partial charge >= 0.3 is 0 Å². The standard InChI is InChI=1S/C20H20N2O2/c1-2-5-14-11-20-13(12-24-14)10-18(23)22(20)9-8-16-15-6-3-4-7-17(15)21-19(16)20/h2-7,13,21H,1,8-12H2/b14-5+. The lowest BCUT2D eigenvalue weighted by molar-refractivity contribution is -0.133. The number of nitrogens with zero attached hydrogens (tertiary/aromatic N) is 1. The number of hydrogen-bond acceptors (Lipinski definition) is 2. The van der Waals surface area contributed by atoms with Gasteiger partial charge < -0.3 is 14.6 Å². The average Bonchev–Trinajstić information content (AvgIpc) is 3.10. The lowest BCUT2D eigenvalue weighted by Gasteiger charge is -2.48. The molecular formula is C20H20N2O2. The van der Waals surface area contributed by atoms with E-state index in [4.69, 9.17) is 4.74 Å². The number of fused-ring (bicyclic) bond motifs is 3. The van der Waals surface area contributed by atoms with Crippen molar-refractivity contribution >= 4 is 16.8 Å². The van der Waals surface area contributed by atoms with Crippen molar-refractivity contribution in [2.24, 2.45) is 5.92 Å². The quantitative estimate of drug-likeness (QED) is 0.876. The van der Waals surface area contributed by atoms with Crippen LogP contribution >= 0.6 is 0 Å². The molecule has 3 aliphatic heterocycles. The second kappa shape index (κ2) is 4.76. The molecule has 2 unspecified atom stereocenters. The summed E-state index contributed by atoms with van der Waals surface area (Å²) in [7, 11) is 0. The number of amides is 1. The summed E-state index contributed by atoms with van der Waals surface area (Å²) in [4.78, 5) is 18.4. The Morgan fingerprint density at radius 2 is 2.25 bits per heavy atom. The molecule has 4 nitrogen and oxygen atoms in total. The highest BCUT2D eigenvalue weighted by atomic mass is 16.5. The van der Waals surface area contributed by atoms with Gasteiger partial charge in [-0.15, -0.1) is 0 Å². The van der Waals surface area contributed by atoms with Gasteiger partial charge in [0.05, 0.1) is 17.9 Å². The first kappa shape index (κ1) is 13.9. The van der Waals surface area contributed by atoms with Crippen LogP contribution in [0.3, 0.4) is 0 Å². The summed E-state index contributed by atoms with van der Waals surface area (Å²) in [6.07, 6.45) is 5.93. The van der Waals surface area contributed by atoms with Gasteiger partial charge in [0, 0.05) is 41.9 Å². The van der Waals surface area contributed by atoms with Crippen LogP contribution in [0.4, 0.5) is 0 Å². The number of carbonyl (C=O) groups excluding carboxylic acids is 1. The molecule has 1 spiro atoms. The molecule has 0 radical (unpaired) electrons. The molecule has 0 saturated carbocycles. The summed E-state index contributed by atoms with van der Waals surface area (Å²) in [5.74, 6) is 1.39. The van der Waals surface area contributed by atoms with Crippen LogP contribution in [-0.4, -0.2) is 28.9 Å². The van der Waals surface area contributed by atoms with Gasteiger partial charge in [-0.3, -0.25) is 4.79 Å². The highest BCUT2D eigenvalue weighted by Gasteiger charge is 2.59. The van der Waals surface area contributed by atoms with Crippen molar-refractivity contribution in [2.45, 2.75) is 24.8 Å². The Bertz CT molecular complexity index is 894. The zero-order valence-corrected chi connectivity index (χ0v) is 13.5. The van der Waals surface area contributed by atoms with E-state index < -0.39 is 0 Å². The van der Waals surface area contributed by atoms with E-state index >= 15 is 0 Å². The van der Waals surface area contributed by atoms with E-state index in [-0.39, 0.29) is 17.4 Å². The van der Waals surface area contributed by atoms with Crippen LogP contribution in [-0.2, 0) is 21.5 Å². The fourth-order valence-corrected chi connectivity index (χ4v) is 4.94. The number of hydrogen-bond donors (Lipinski definition) is 1. The zero-order valence-electron chi connectivity index (χ0n) is 13.5. The molecule has 1 aromatic carbocycles. The van der Waals surface area contributed by atoms with Crippen molar-refractivity contribution in [3.63, 3.8) is 0 Å². The molecule has 0 aliphatic carbocycles. The molecule has 2 saturated heterocycles. The number of aromatic nitrogens is 1. The Kier molecular flexibility index (Phi) is 2.76. The maximum absolute atomic E-state index is 12.7. The largest absolute Gasteiger partial charge is 0.497 e. The summed E-state index contributed by atoms with van der Waals surface area (Å²) in [6.45, 7) is 5.18. The van der Waals surface area contributed by atoms with Crippen molar-refractivity contribution in [3.05, 3.63) is 60.0 Å². The molecule has 2 atom stereocenters. The molecule has 4 heterocycles. The second-order valence-electron chi connectivity index (χ2n) is 7.00. The van der Waals surface area contributed by atoms with E-state index in [1.165, 1.54) is 16.6 Å². The third-order valence-electron chi connectivity index (χ3n) is 5.93. The fraction of sp³-hybridized carbons (Fsp3) is 0.350. The van der Waals surface area contributed by atoms with Crippen molar-refractivity contribution in [3.8, 4) is 0 Å². The maximum atomic E-state index is 12.7. The first-order valence-corrected chi connectivity index (χ1v) is 8.59. The third kappa shape index (κ3) is 1.61. The van der Waals surface area contributed by atoms with E-state index in [1.807, 2.05) is 6.08 Å². The van der Waals surface area contributed by atoms with Gasteiger partial charge in [0.25, 0.3) is 0 Å². The molecule has 24 heavy (non-hydrogen) atoms. The predicted molar refractivity (Wildman–Crippen MR) is 92.3 cm³/mol. The summed E-state index contributed by atoms with van der Waals surface area (Å²) >= 11 is 0. The summed E-state index contributed by atoms with van der Waals surface area (Å²) in [5, 5.41) is 1.29. The summed E-state index contributed by atoms with van der Waals surface area (Å²) < 4.78 is 5.91. The van der Waals surface area contributed by atoms with Crippen LogP contribution in [0, 0.1) is 5.92 Å². The minimum atomic E-state index is -0.281. The summed E-state index contributed by atoms with van der Waals surface area (Å²) in [5.41, 5.74) is 3.49. The highest BCUT2D eigenvalue weighted by Crippen LogP contribution is 2.54. The van der Waals surface area contributed by atoms with Crippen molar-refractivity contribution < 1.29 is 9.53 Å². The predicted octanol–water partition coefficient (Wildman–Crippen LogP) is 3.26. The van der Waals surface area contributed by atoms with Crippen LogP contribution in [0.5, 0.6) is 0 Å². The van der Waals surface area contributed by atoms with Gasteiger partial charge in [-0.2, -0.15) is 0 Å². The van der Waals surface area contributed by atoms with Crippen LogP contribution in [0.15, 0.2) is 48.8 Å². The van der Waals surface area contributed by atoms with Crippen LogP contribution < -0.4 is 0 Å². The van der Waals surface area contributed by atoms with Gasteiger partial charge in [-0.05, 0) is 24.1 Å². The molecule has 5 rings (SSSR count). The molecule has 1 aromatic heterocycles. The number of aromatic amines is 1. The number of carbonyl (C=O) groups is 1. The molecule has 1 N–H and O–H groups in total. The molecule has 0 bridgehead atoms. The number of ether oxygens (including phenoxy) is 1. The van der Waals surface area contributed by atoms with Gasteiger partial charge in [-0.1, -0.05) is 30.9 Å². The van der Waals surface area contributed by atoms with E-state index in [2.05, 4.69) is 40.7 Å². The Morgan fingerprint density at radius 1 is 1.38 bits per heavy atom. The normalized spacial score (nSPS) is 30.0. The van der Waals surface area contributed by atoms with E-state index in [0.29, 0.717) is 13.0 Å². The van der Waals surface area contributed by atoms with E-state index in [9.17, 15) is 4.79 Å². The highest BCUT2D eigenvalue weighted by molar-refractivity contribution is 5.88. The first-order valence-electron chi connectivity index (χ1n) is 8.59. The SMILES string of the molecule is C=C/C=C1\CC23c4[nH]c5ccccc5c4CCN2C(=O)CC3CO1. The lowest BCUT2D eigenvalue weighted by Crippen LogP contribution is -2.53. The number of para-hydroxylation sites is 1. The van der Waals surface area contributed by atoms with E-state index in [0.717, 1.165) is 30.7 Å². The van der Waals surface area contributed by atoms with Crippen LogP contribution in [0.25, 0.3) is 10.9 Å². The topological polar surface area (TPSA) is 45.3 Å². The molecule has 2 fully saturated rings. The average molecular weight is 320 g/mol. The molecule has 3 aliphatic rings. The molecule has 122 valence electrons. The Balaban J connectivity index is 1.77. The number of nitrogens with one attached hydrogen (secondary N) is 1. The number of H-pyrrole nitrogens is 1. The smallest absolute Gasteiger partial charge is 0.223 e. The van der Waals surface area contributed by atoms with Crippen molar-refractivity contribution in [1.29, 1.82) is 0 Å². The van der Waals surface area contributed by atoms with Gasteiger partial charge in [-0.25, -0.2) is 0 Å². The van der Waals surface area contributed by atoms with Crippen molar-refractivity contribution in [2.75, 3.05) is 13.2 Å². The monoisotopic (exact) mass is 320 g/mol. The Hall–Kier alpha value is -2.49. The zero-order chi connectivity index (χ0) is 16.3. The number of benzene rings is 1. The molecule has 2 aromatic rings.